The Balaban J connectivity index is 1.55. The molecule has 2 aromatic rings. The number of para-hydroxylation sites is 2. The van der Waals surface area contributed by atoms with E-state index in [9.17, 15) is 18.4 Å². The lowest BCUT2D eigenvalue weighted by Crippen LogP contribution is -2.39. The van der Waals surface area contributed by atoms with Gasteiger partial charge in [0.05, 0.1) is 5.69 Å². The molecule has 1 aliphatic rings. The number of rotatable bonds is 4. The highest BCUT2D eigenvalue weighted by Crippen LogP contribution is 2.29. The number of fused-ring (bicyclic) bond motifs is 1. The van der Waals surface area contributed by atoms with Gasteiger partial charge in [-0.15, -0.1) is 0 Å². The number of carbonyl (C=O) groups is 2. The van der Waals surface area contributed by atoms with E-state index in [2.05, 4.69) is 10.6 Å². The van der Waals surface area contributed by atoms with Gasteiger partial charge >= 0.3 is 0 Å². The Hall–Kier alpha value is -2.96. The van der Waals surface area contributed by atoms with Gasteiger partial charge < -0.3 is 15.4 Å². The third-order valence-electron chi connectivity index (χ3n) is 3.58. The first kappa shape index (κ1) is 15.9. The summed E-state index contributed by atoms with van der Waals surface area (Å²) in [5.41, 5.74) is 0.609. The second-order valence-corrected chi connectivity index (χ2v) is 5.27. The first-order valence-corrected chi connectivity index (χ1v) is 7.34. The van der Waals surface area contributed by atoms with Crippen molar-refractivity contribution in [2.24, 2.45) is 0 Å². The van der Waals surface area contributed by atoms with Crippen LogP contribution in [0.2, 0.25) is 0 Å². The minimum atomic E-state index is -1.09. The van der Waals surface area contributed by atoms with Gasteiger partial charge in [-0.2, -0.15) is 0 Å². The summed E-state index contributed by atoms with van der Waals surface area (Å²) in [6.07, 6.45) is -0.486. The number of anilines is 1. The number of amides is 2. The molecule has 1 unspecified atom stereocenters. The molecule has 0 spiro atoms. The van der Waals surface area contributed by atoms with Crippen LogP contribution in [0.1, 0.15) is 16.8 Å². The van der Waals surface area contributed by atoms with Gasteiger partial charge in [0.15, 0.2) is 17.7 Å². The van der Waals surface area contributed by atoms with Crippen LogP contribution in [0.4, 0.5) is 14.5 Å². The molecule has 0 bridgehead atoms. The van der Waals surface area contributed by atoms with Crippen LogP contribution in [-0.4, -0.2) is 24.5 Å². The van der Waals surface area contributed by atoms with E-state index in [-0.39, 0.29) is 24.4 Å². The van der Waals surface area contributed by atoms with Crippen molar-refractivity contribution in [3.05, 3.63) is 59.7 Å². The first-order chi connectivity index (χ1) is 11.5. The highest BCUT2D eigenvalue weighted by Gasteiger charge is 2.27. The van der Waals surface area contributed by atoms with Crippen LogP contribution in [0.25, 0.3) is 0 Å². The van der Waals surface area contributed by atoms with Crippen LogP contribution < -0.4 is 15.4 Å². The Morgan fingerprint density at radius 2 is 1.96 bits per heavy atom. The molecule has 0 aliphatic carbocycles. The summed E-state index contributed by atoms with van der Waals surface area (Å²) < 4.78 is 31.6. The molecule has 0 fully saturated rings. The standard InChI is InChI=1S/C17H14F2N2O3/c18-11-6-5-10(9-12(11)19)16(22)20-8-7-15-17(23)21-13-3-1-2-4-14(13)24-15/h1-6,9,15H,7-8H2,(H,20,22)(H,21,23). The summed E-state index contributed by atoms with van der Waals surface area (Å²) >= 11 is 0. The van der Waals surface area contributed by atoms with Crippen molar-refractivity contribution in [2.75, 3.05) is 11.9 Å². The maximum atomic E-state index is 13.1. The third kappa shape index (κ3) is 3.34. The molecule has 0 aromatic heterocycles. The number of nitrogens with one attached hydrogen (secondary N) is 2. The molecule has 124 valence electrons. The lowest BCUT2D eigenvalue weighted by atomic mass is 10.1. The van der Waals surface area contributed by atoms with E-state index in [1.807, 2.05) is 0 Å². The summed E-state index contributed by atoms with van der Waals surface area (Å²) in [5.74, 6) is -2.39. The highest BCUT2D eigenvalue weighted by molar-refractivity contribution is 5.98. The Labute approximate surface area is 136 Å². The summed E-state index contributed by atoms with van der Waals surface area (Å²) in [6.45, 7) is 0.151. The quantitative estimate of drug-likeness (QED) is 0.904. The summed E-state index contributed by atoms with van der Waals surface area (Å²) in [7, 11) is 0. The summed E-state index contributed by atoms with van der Waals surface area (Å²) in [6, 6.07) is 9.94. The Kier molecular flexibility index (Phi) is 4.41. The van der Waals surface area contributed by atoms with Crippen LogP contribution in [0.3, 0.4) is 0 Å². The summed E-state index contributed by atoms with van der Waals surface area (Å²) in [4.78, 5) is 23.8. The fourth-order valence-electron chi connectivity index (χ4n) is 2.34. The Bertz CT molecular complexity index is 795. The second-order valence-electron chi connectivity index (χ2n) is 5.27. The fourth-order valence-corrected chi connectivity index (χ4v) is 2.34. The van der Waals surface area contributed by atoms with Gasteiger partial charge in [-0.05, 0) is 30.3 Å². The second kappa shape index (κ2) is 6.66. The van der Waals surface area contributed by atoms with Gasteiger partial charge in [-0.3, -0.25) is 9.59 Å². The molecule has 2 aromatic carbocycles. The van der Waals surface area contributed by atoms with E-state index < -0.39 is 23.6 Å². The van der Waals surface area contributed by atoms with Gasteiger partial charge in [0, 0.05) is 18.5 Å². The molecule has 3 rings (SSSR count). The van der Waals surface area contributed by atoms with Crippen LogP contribution in [0, 0.1) is 11.6 Å². The normalized spacial score (nSPS) is 15.9. The SMILES string of the molecule is O=C(NCCC1Oc2ccccc2NC1=O)c1ccc(F)c(F)c1. The van der Waals surface area contributed by atoms with E-state index in [0.29, 0.717) is 11.4 Å². The number of ether oxygens (including phenoxy) is 1. The average Bonchev–Trinajstić information content (AvgIpc) is 2.57. The first-order valence-electron chi connectivity index (χ1n) is 7.34. The Morgan fingerprint density at radius 3 is 2.75 bits per heavy atom. The average molecular weight is 332 g/mol. The lowest BCUT2D eigenvalue weighted by molar-refractivity contribution is -0.123. The molecule has 5 nitrogen and oxygen atoms in total. The molecule has 0 saturated carbocycles. The number of halogens is 2. The minimum Gasteiger partial charge on any atom is -0.478 e. The largest absolute Gasteiger partial charge is 0.478 e. The fraction of sp³-hybridized carbons (Fsp3) is 0.176. The lowest BCUT2D eigenvalue weighted by Gasteiger charge is -2.25. The topological polar surface area (TPSA) is 67.4 Å². The zero-order valence-corrected chi connectivity index (χ0v) is 12.5. The molecule has 1 aliphatic heterocycles. The zero-order valence-electron chi connectivity index (χ0n) is 12.5. The van der Waals surface area contributed by atoms with Crippen molar-refractivity contribution in [1.29, 1.82) is 0 Å². The molecule has 7 heteroatoms. The van der Waals surface area contributed by atoms with Gasteiger partial charge in [0.2, 0.25) is 0 Å². The molecule has 0 radical (unpaired) electrons. The van der Waals surface area contributed by atoms with Crippen molar-refractivity contribution in [2.45, 2.75) is 12.5 Å². The molecule has 0 saturated heterocycles. The predicted octanol–water partition coefficient (Wildman–Crippen LogP) is 2.48. The molecule has 1 atom stereocenters. The van der Waals surface area contributed by atoms with Crippen LogP contribution in [0.5, 0.6) is 5.75 Å². The predicted molar refractivity (Wildman–Crippen MR) is 82.8 cm³/mol. The maximum Gasteiger partial charge on any atom is 0.265 e. The number of carbonyl (C=O) groups excluding carboxylic acids is 2. The van der Waals surface area contributed by atoms with Crippen molar-refractivity contribution in [3.8, 4) is 5.75 Å². The molecule has 1 heterocycles. The van der Waals surface area contributed by atoms with Crippen molar-refractivity contribution in [1.82, 2.24) is 5.32 Å². The highest BCUT2D eigenvalue weighted by atomic mass is 19.2. The van der Waals surface area contributed by atoms with E-state index in [4.69, 9.17) is 4.74 Å². The molecular formula is C17H14F2N2O3. The third-order valence-corrected chi connectivity index (χ3v) is 3.58. The van der Waals surface area contributed by atoms with E-state index in [1.165, 1.54) is 6.07 Å². The number of benzene rings is 2. The smallest absolute Gasteiger partial charge is 0.265 e. The van der Waals surface area contributed by atoms with E-state index >= 15 is 0 Å². The Morgan fingerprint density at radius 1 is 1.17 bits per heavy atom. The maximum absolute atomic E-state index is 13.1. The molecule has 2 N–H and O–H groups in total. The van der Waals surface area contributed by atoms with E-state index in [0.717, 1.165) is 12.1 Å². The van der Waals surface area contributed by atoms with Gasteiger partial charge in [-0.25, -0.2) is 8.78 Å². The summed E-state index contributed by atoms with van der Waals surface area (Å²) in [5, 5.41) is 5.27. The molecule has 24 heavy (non-hydrogen) atoms. The molecule has 2 amide bonds. The van der Waals surface area contributed by atoms with Gasteiger partial charge in [0.1, 0.15) is 5.75 Å². The molecular weight excluding hydrogens is 318 g/mol. The number of hydrogen-bond acceptors (Lipinski definition) is 3. The minimum absolute atomic E-state index is 0.00765. The van der Waals surface area contributed by atoms with Crippen LogP contribution >= 0.6 is 0 Å². The van der Waals surface area contributed by atoms with Crippen molar-refractivity contribution in [3.63, 3.8) is 0 Å². The zero-order chi connectivity index (χ0) is 17.1. The number of hydrogen-bond donors (Lipinski definition) is 2. The van der Waals surface area contributed by atoms with Gasteiger partial charge in [-0.1, -0.05) is 12.1 Å². The van der Waals surface area contributed by atoms with Crippen molar-refractivity contribution < 1.29 is 23.1 Å². The van der Waals surface area contributed by atoms with Gasteiger partial charge in [0.25, 0.3) is 11.8 Å². The van der Waals surface area contributed by atoms with Crippen LogP contribution in [0.15, 0.2) is 42.5 Å². The van der Waals surface area contributed by atoms with Crippen molar-refractivity contribution >= 4 is 17.5 Å². The van der Waals surface area contributed by atoms with E-state index in [1.54, 1.807) is 24.3 Å². The van der Waals surface area contributed by atoms with Crippen LogP contribution in [-0.2, 0) is 4.79 Å². The monoisotopic (exact) mass is 332 g/mol.